The Morgan fingerprint density at radius 3 is 2.17 bits per heavy atom. The number of benzene rings is 7. The van der Waals surface area contributed by atoms with Crippen LogP contribution in [-0.4, -0.2) is 4.57 Å². The van der Waals surface area contributed by atoms with Crippen molar-refractivity contribution < 1.29 is 22.6 Å². The minimum atomic E-state index is -0.660. The van der Waals surface area contributed by atoms with Crippen LogP contribution in [-0.2, 0) is 0 Å². The Bertz CT molecular complexity index is 3050. The lowest BCUT2D eigenvalue weighted by Crippen LogP contribution is -1.97. The Hall–Kier alpha value is -5.60. The van der Waals surface area contributed by atoms with E-state index in [4.69, 9.17) is 19.8 Å². The van der Waals surface area contributed by atoms with Crippen molar-refractivity contribution >= 4 is 32.6 Å². The highest BCUT2D eigenvalue weighted by Crippen LogP contribution is 2.48. The van der Waals surface area contributed by atoms with Gasteiger partial charge >= 0.3 is 0 Å². The van der Waals surface area contributed by atoms with Gasteiger partial charge in [0.1, 0.15) is 11.5 Å². The minimum Gasteiger partial charge on any atom is -0.456 e. The summed E-state index contributed by atoms with van der Waals surface area (Å²) >= 11 is 0. The highest BCUT2D eigenvalue weighted by molar-refractivity contribution is 6.16. The van der Waals surface area contributed by atoms with Gasteiger partial charge in [0.25, 0.3) is 0 Å². The van der Waals surface area contributed by atoms with Crippen LogP contribution in [0.5, 0.6) is 11.5 Å². The predicted octanol–water partition coefficient (Wildman–Crippen LogP) is 11.0. The summed E-state index contributed by atoms with van der Waals surface area (Å²) in [6.07, 6.45) is 0. The average molecular weight is 549 g/mol. The van der Waals surface area contributed by atoms with E-state index >= 15 is 0 Å². The van der Waals surface area contributed by atoms with Gasteiger partial charge in [-0.1, -0.05) is 109 Å². The van der Waals surface area contributed by atoms with Gasteiger partial charge in [-0.15, -0.1) is 0 Å². The molecule has 0 aliphatic carbocycles. The molecule has 2 heterocycles. The Balaban J connectivity index is 1.44. The van der Waals surface area contributed by atoms with Crippen molar-refractivity contribution in [3.63, 3.8) is 0 Å². The predicted molar refractivity (Wildman–Crippen MR) is 175 cm³/mol. The van der Waals surface area contributed by atoms with E-state index in [9.17, 15) is 2.74 Å². The summed E-state index contributed by atoms with van der Waals surface area (Å²) in [5.74, 6) is -0.774. The lowest BCUT2D eigenvalue weighted by Gasteiger charge is -2.22. The molecule has 0 amide bonds. The zero-order chi connectivity index (χ0) is 38.9. The molecule has 0 saturated carbocycles. The summed E-state index contributed by atoms with van der Waals surface area (Å²) in [6, 6.07) is 15.2. The Morgan fingerprint density at radius 1 is 0.476 bits per heavy atom. The van der Waals surface area contributed by atoms with Crippen molar-refractivity contribution in [2.24, 2.45) is 0 Å². The fourth-order valence-electron chi connectivity index (χ4n) is 5.86. The van der Waals surface area contributed by atoms with Crippen LogP contribution in [0, 0.1) is 0 Å². The molecule has 0 N–H and O–H groups in total. The molecule has 196 valence electrons. The smallest absolute Gasteiger partial charge is 0.135 e. The van der Waals surface area contributed by atoms with Crippen LogP contribution >= 0.6 is 0 Å². The molecule has 2 nitrogen and oxygen atoms in total. The molecule has 0 unspecified atom stereocenters. The molecule has 42 heavy (non-hydrogen) atoms. The number of aromatic nitrogens is 1. The first-order valence-corrected chi connectivity index (χ1v) is 13.3. The first-order valence-electron chi connectivity index (χ1n) is 19.8. The van der Waals surface area contributed by atoms with Crippen LogP contribution in [0.2, 0.25) is 0 Å². The number of nitrogens with zero attached hydrogens (tertiary/aromatic N) is 1. The molecule has 0 radical (unpaired) electrons. The van der Waals surface area contributed by atoms with Crippen LogP contribution in [0.15, 0.2) is 151 Å². The molecule has 9 rings (SSSR count). The second-order valence-electron chi connectivity index (χ2n) is 9.90. The van der Waals surface area contributed by atoms with E-state index in [1.807, 2.05) is 60.7 Å². The third-order valence-corrected chi connectivity index (χ3v) is 7.62. The van der Waals surface area contributed by atoms with Crippen LogP contribution in [0.25, 0.3) is 71.6 Å². The van der Waals surface area contributed by atoms with Gasteiger partial charge in [0, 0.05) is 27.4 Å². The van der Waals surface area contributed by atoms with Gasteiger partial charge in [-0.25, -0.2) is 0 Å². The normalized spacial score (nSPS) is 16.3. The number of para-hydroxylation sites is 3. The van der Waals surface area contributed by atoms with Crippen molar-refractivity contribution in [1.82, 2.24) is 4.57 Å². The third-order valence-electron chi connectivity index (χ3n) is 7.62. The number of rotatable bonds is 3. The number of ether oxygens (including phenoxy) is 1. The van der Waals surface area contributed by atoms with Gasteiger partial charge in [0.15, 0.2) is 0 Å². The van der Waals surface area contributed by atoms with E-state index in [0.29, 0.717) is 10.9 Å². The highest BCUT2D eigenvalue weighted by Gasteiger charge is 2.21. The van der Waals surface area contributed by atoms with Crippen LogP contribution < -0.4 is 4.74 Å². The maximum Gasteiger partial charge on any atom is 0.135 e. The van der Waals surface area contributed by atoms with Gasteiger partial charge in [0.05, 0.1) is 28.9 Å². The summed E-state index contributed by atoms with van der Waals surface area (Å²) in [5.41, 5.74) is 1.69. The summed E-state index contributed by atoms with van der Waals surface area (Å²) in [7, 11) is 0. The fraction of sp³-hybridized carbons (Fsp3) is 0. The SMILES string of the molecule is [2H]c1c([2H])c([2H])c2c(c1[2H])Oc1c([2H])c([2H])c(-c3c([2H])c([2H])c([2H])c(-c4cccc5c4c4ccccc4n5-c4ccccc4)c3[2H])c3c([2H])c([2H])c([2H])c-2c13. The molecular weight excluding hydrogens is 510 g/mol. The van der Waals surface area contributed by atoms with E-state index in [0.717, 1.165) is 22.1 Å². The molecule has 0 saturated heterocycles. The molecule has 0 fully saturated rings. The van der Waals surface area contributed by atoms with Crippen molar-refractivity contribution in [1.29, 1.82) is 0 Å². The van der Waals surface area contributed by atoms with E-state index < -0.39 is 84.3 Å². The van der Waals surface area contributed by atoms with Gasteiger partial charge in [-0.3, -0.25) is 0 Å². The lowest BCUT2D eigenvalue weighted by atomic mass is 9.89. The first-order chi connectivity index (χ1) is 26.3. The standard InChI is InChI=1S/C40H25NO/c1-2-13-28(14-3-1)41-35-20-6-4-16-34(35)39-30(17-10-21-36(39)41)27-12-8-11-26(25-27)29-23-24-38-40-32(29)18-9-19-33(40)31-15-5-7-22-37(31)42-38/h1-25H/i5D,7D,8D,9D,11D,12D,15D,18D,19D,22D,23D,24D,25D. The van der Waals surface area contributed by atoms with Crippen molar-refractivity contribution in [2.75, 3.05) is 0 Å². The maximum atomic E-state index is 9.71. The maximum absolute atomic E-state index is 9.71. The number of hydrogen-bond acceptors (Lipinski definition) is 1. The van der Waals surface area contributed by atoms with Crippen LogP contribution in [0.3, 0.4) is 0 Å². The van der Waals surface area contributed by atoms with Crippen molar-refractivity contribution in [3.05, 3.63) is 151 Å². The summed E-state index contributed by atoms with van der Waals surface area (Å²) < 4.78 is 124. The van der Waals surface area contributed by atoms with Gasteiger partial charge in [-0.2, -0.15) is 0 Å². The molecule has 1 aromatic heterocycles. The number of hydrogen-bond donors (Lipinski definition) is 0. The fourth-order valence-corrected chi connectivity index (χ4v) is 5.86. The van der Waals surface area contributed by atoms with Crippen molar-refractivity contribution in [3.8, 4) is 50.6 Å². The zero-order valence-corrected chi connectivity index (χ0v) is 21.8. The van der Waals surface area contributed by atoms with Gasteiger partial charge in [0.2, 0.25) is 0 Å². The summed E-state index contributed by atoms with van der Waals surface area (Å²) in [4.78, 5) is 0. The topological polar surface area (TPSA) is 14.2 Å². The number of fused-ring (bicyclic) bond motifs is 5. The Kier molecular flexibility index (Phi) is 2.95. The van der Waals surface area contributed by atoms with E-state index in [-0.39, 0.29) is 44.3 Å². The molecule has 2 heteroatoms. The molecule has 7 aromatic carbocycles. The Labute approximate surface area is 261 Å². The highest BCUT2D eigenvalue weighted by atomic mass is 16.5. The van der Waals surface area contributed by atoms with Crippen molar-refractivity contribution in [2.45, 2.75) is 0 Å². The average Bonchev–Trinajstić information content (AvgIpc) is 3.53. The first kappa shape index (κ1) is 13.8. The molecule has 1 aliphatic heterocycles. The minimum absolute atomic E-state index is 0.0292. The second kappa shape index (κ2) is 8.95. The Morgan fingerprint density at radius 2 is 1.24 bits per heavy atom. The summed E-state index contributed by atoms with van der Waals surface area (Å²) in [5, 5.41) is 1.05. The van der Waals surface area contributed by atoms with Gasteiger partial charge < -0.3 is 9.30 Å². The largest absolute Gasteiger partial charge is 0.456 e. The zero-order valence-electron chi connectivity index (χ0n) is 34.8. The molecule has 0 spiro atoms. The van der Waals surface area contributed by atoms with Gasteiger partial charge in [-0.05, 0) is 75.6 Å². The molecular formula is C40H25NO. The second-order valence-corrected chi connectivity index (χ2v) is 9.90. The molecule has 1 aliphatic rings. The molecule has 8 aromatic rings. The van der Waals surface area contributed by atoms with E-state index in [1.54, 1.807) is 12.1 Å². The van der Waals surface area contributed by atoms with E-state index in [2.05, 4.69) is 4.57 Å². The summed E-state index contributed by atoms with van der Waals surface area (Å²) in [6.45, 7) is 0. The molecule has 0 atom stereocenters. The third kappa shape index (κ3) is 3.33. The quantitative estimate of drug-likeness (QED) is 0.214. The molecule has 0 bridgehead atoms. The monoisotopic (exact) mass is 548 g/mol. The van der Waals surface area contributed by atoms with Crippen LogP contribution in [0.4, 0.5) is 0 Å². The lowest BCUT2D eigenvalue weighted by molar-refractivity contribution is 0.487. The van der Waals surface area contributed by atoms with Crippen LogP contribution in [0.1, 0.15) is 17.8 Å². The van der Waals surface area contributed by atoms with E-state index in [1.165, 1.54) is 0 Å².